The number of thiophene rings is 1. The van der Waals surface area contributed by atoms with E-state index in [1.165, 1.54) is 29.7 Å². The number of allylic oxidation sites excluding steroid dienone is 3. The average Bonchev–Trinajstić information content (AvgIpc) is 2.74. The first kappa shape index (κ1) is 16.8. The molecule has 0 bridgehead atoms. The Morgan fingerprint density at radius 3 is 2.83 bits per heavy atom. The maximum absolute atomic E-state index is 12.0. The first-order valence-corrected chi connectivity index (χ1v) is 9.24. The molecule has 0 fully saturated rings. The standard InChI is InChI=1S/C20H23NO2S/c1-21(2)20(22)23-19-16-11-7-8-12-17(16)24-18(19)14-13-15-9-5-3-4-6-10-15/h7-9,11-14H,3-6,10H2,1-2H3/b14-13-. The van der Waals surface area contributed by atoms with Crippen LogP contribution in [0.1, 0.15) is 37.0 Å². The summed E-state index contributed by atoms with van der Waals surface area (Å²) in [4.78, 5) is 14.5. The topological polar surface area (TPSA) is 29.5 Å². The van der Waals surface area contributed by atoms with Crippen molar-refractivity contribution >= 4 is 33.6 Å². The molecule has 1 aromatic heterocycles. The average molecular weight is 341 g/mol. The van der Waals surface area contributed by atoms with E-state index in [1.807, 2.05) is 18.2 Å². The Hall–Kier alpha value is -2.07. The number of rotatable bonds is 3. The van der Waals surface area contributed by atoms with Crippen molar-refractivity contribution in [2.75, 3.05) is 14.1 Å². The van der Waals surface area contributed by atoms with Crippen LogP contribution in [0.5, 0.6) is 5.75 Å². The van der Waals surface area contributed by atoms with Gasteiger partial charge < -0.3 is 9.64 Å². The molecule has 126 valence electrons. The highest BCUT2D eigenvalue weighted by Gasteiger charge is 2.16. The zero-order valence-electron chi connectivity index (χ0n) is 14.2. The third-order valence-corrected chi connectivity index (χ3v) is 5.27. The molecule has 0 aliphatic heterocycles. The van der Waals surface area contributed by atoms with Crippen LogP contribution in [0.3, 0.4) is 0 Å². The van der Waals surface area contributed by atoms with Crippen LogP contribution >= 0.6 is 11.3 Å². The molecule has 4 heteroatoms. The molecule has 1 heterocycles. The summed E-state index contributed by atoms with van der Waals surface area (Å²) in [7, 11) is 3.39. The lowest BCUT2D eigenvalue weighted by molar-refractivity contribution is 0.172. The van der Waals surface area contributed by atoms with Crippen molar-refractivity contribution in [3.05, 3.63) is 46.9 Å². The van der Waals surface area contributed by atoms with Crippen LogP contribution in [-0.4, -0.2) is 25.1 Å². The summed E-state index contributed by atoms with van der Waals surface area (Å²) in [5.74, 6) is 0.666. The molecule has 0 N–H and O–H groups in total. The van der Waals surface area contributed by atoms with Gasteiger partial charge in [0.05, 0.1) is 4.88 Å². The van der Waals surface area contributed by atoms with Crippen molar-refractivity contribution in [2.45, 2.75) is 32.1 Å². The van der Waals surface area contributed by atoms with Crippen molar-refractivity contribution in [2.24, 2.45) is 0 Å². The van der Waals surface area contributed by atoms with Crippen molar-refractivity contribution in [1.29, 1.82) is 0 Å². The number of benzene rings is 1. The monoisotopic (exact) mass is 341 g/mol. The van der Waals surface area contributed by atoms with E-state index in [-0.39, 0.29) is 6.09 Å². The van der Waals surface area contributed by atoms with E-state index in [1.54, 1.807) is 25.4 Å². The molecule has 0 saturated carbocycles. The maximum Gasteiger partial charge on any atom is 0.414 e. The number of hydrogen-bond acceptors (Lipinski definition) is 3. The number of nitrogens with zero attached hydrogens (tertiary/aromatic N) is 1. The van der Waals surface area contributed by atoms with Gasteiger partial charge in [-0.05, 0) is 43.9 Å². The number of amides is 1. The highest BCUT2D eigenvalue weighted by Crippen LogP contribution is 2.39. The molecule has 1 aliphatic carbocycles. The summed E-state index contributed by atoms with van der Waals surface area (Å²) in [6, 6.07) is 8.06. The summed E-state index contributed by atoms with van der Waals surface area (Å²) >= 11 is 1.66. The number of hydrogen-bond donors (Lipinski definition) is 0. The summed E-state index contributed by atoms with van der Waals surface area (Å²) in [5, 5.41) is 0.993. The zero-order chi connectivity index (χ0) is 16.9. The fourth-order valence-electron chi connectivity index (χ4n) is 2.81. The van der Waals surface area contributed by atoms with Crippen LogP contribution in [0, 0.1) is 0 Å². The predicted octanol–water partition coefficient (Wildman–Crippen LogP) is 5.87. The molecule has 0 saturated heterocycles. The van der Waals surface area contributed by atoms with E-state index in [2.05, 4.69) is 24.3 Å². The molecular weight excluding hydrogens is 318 g/mol. The third kappa shape index (κ3) is 3.88. The number of carbonyl (C=O) groups is 1. The quantitative estimate of drug-likeness (QED) is 0.699. The van der Waals surface area contributed by atoms with Crippen LogP contribution < -0.4 is 4.74 Å². The van der Waals surface area contributed by atoms with Crippen molar-refractivity contribution in [3.8, 4) is 5.75 Å². The molecule has 1 aromatic carbocycles. The van der Waals surface area contributed by atoms with E-state index in [9.17, 15) is 4.79 Å². The van der Waals surface area contributed by atoms with Crippen molar-refractivity contribution in [3.63, 3.8) is 0 Å². The Morgan fingerprint density at radius 2 is 2.00 bits per heavy atom. The minimum Gasteiger partial charge on any atom is -0.408 e. The van der Waals surface area contributed by atoms with Crippen molar-refractivity contribution < 1.29 is 9.53 Å². The Bertz CT molecular complexity index is 786. The fourth-order valence-corrected chi connectivity index (χ4v) is 3.84. The van der Waals surface area contributed by atoms with Gasteiger partial charge >= 0.3 is 6.09 Å². The Morgan fingerprint density at radius 1 is 1.17 bits per heavy atom. The first-order chi connectivity index (χ1) is 11.6. The lowest BCUT2D eigenvalue weighted by atomic mass is 10.1. The molecule has 3 nitrogen and oxygen atoms in total. The Kier molecular flexibility index (Phi) is 5.36. The molecule has 1 amide bonds. The van der Waals surface area contributed by atoms with E-state index in [0.29, 0.717) is 5.75 Å². The molecule has 1 aliphatic rings. The van der Waals surface area contributed by atoms with Gasteiger partial charge in [0.1, 0.15) is 0 Å². The van der Waals surface area contributed by atoms with Crippen LogP contribution in [0.15, 0.2) is 42.0 Å². The second-order valence-electron chi connectivity index (χ2n) is 6.27. The van der Waals surface area contributed by atoms with Gasteiger partial charge in [0.15, 0.2) is 5.75 Å². The van der Waals surface area contributed by atoms with Gasteiger partial charge in [-0.25, -0.2) is 4.79 Å². The number of carbonyl (C=O) groups excluding carboxylic acids is 1. The SMILES string of the molecule is CN(C)C(=O)Oc1c(/C=C\C2=CCCCCC2)sc2ccccc12. The lowest BCUT2D eigenvalue weighted by Gasteiger charge is -2.11. The van der Waals surface area contributed by atoms with E-state index in [0.717, 1.165) is 27.8 Å². The molecule has 3 rings (SSSR count). The van der Waals surface area contributed by atoms with Crippen molar-refractivity contribution in [1.82, 2.24) is 4.90 Å². The number of ether oxygens (including phenoxy) is 1. The predicted molar refractivity (Wildman–Crippen MR) is 102 cm³/mol. The molecule has 0 radical (unpaired) electrons. The van der Waals surface area contributed by atoms with Crippen LogP contribution in [0.25, 0.3) is 16.2 Å². The molecule has 0 spiro atoms. The smallest absolute Gasteiger partial charge is 0.408 e. The van der Waals surface area contributed by atoms with E-state index < -0.39 is 0 Å². The third-order valence-electron chi connectivity index (χ3n) is 4.15. The summed E-state index contributed by atoms with van der Waals surface area (Å²) in [6.45, 7) is 0. The normalized spacial score (nSPS) is 15.3. The van der Waals surface area contributed by atoms with Gasteiger partial charge in [-0.15, -0.1) is 11.3 Å². The first-order valence-electron chi connectivity index (χ1n) is 8.43. The molecule has 0 unspecified atom stereocenters. The van der Waals surface area contributed by atoms with Gasteiger partial charge in [-0.2, -0.15) is 0 Å². The summed E-state index contributed by atoms with van der Waals surface area (Å²) < 4.78 is 6.78. The summed E-state index contributed by atoms with van der Waals surface area (Å²) in [6.07, 6.45) is 12.4. The second kappa shape index (κ2) is 7.67. The molecule has 24 heavy (non-hydrogen) atoms. The van der Waals surface area contributed by atoms with E-state index in [4.69, 9.17) is 4.74 Å². The van der Waals surface area contributed by atoms with Crippen LogP contribution in [-0.2, 0) is 0 Å². The summed E-state index contributed by atoms with van der Waals surface area (Å²) in [5.41, 5.74) is 1.38. The second-order valence-corrected chi connectivity index (χ2v) is 7.35. The Labute approximate surface area is 147 Å². The van der Waals surface area contributed by atoms with Gasteiger partial charge in [0.2, 0.25) is 0 Å². The van der Waals surface area contributed by atoms with Crippen LogP contribution in [0.4, 0.5) is 4.79 Å². The minimum absolute atomic E-state index is 0.345. The highest BCUT2D eigenvalue weighted by molar-refractivity contribution is 7.20. The van der Waals surface area contributed by atoms with E-state index >= 15 is 0 Å². The lowest BCUT2D eigenvalue weighted by Crippen LogP contribution is -2.25. The van der Waals surface area contributed by atoms with Crippen LogP contribution in [0.2, 0.25) is 0 Å². The molecular formula is C20H23NO2S. The van der Waals surface area contributed by atoms with Gasteiger partial charge in [-0.1, -0.05) is 36.3 Å². The Balaban J connectivity index is 1.94. The largest absolute Gasteiger partial charge is 0.414 e. The van der Waals surface area contributed by atoms with Gasteiger partial charge in [0.25, 0.3) is 0 Å². The molecule has 2 aromatic rings. The highest BCUT2D eigenvalue weighted by atomic mass is 32.1. The maximum atomic E-state index is 12.0. The van der Waals surface area contributed by atoms with Gasteiger partial charge in [-0.3, -0.25) is 0 Å². The fraction of sp³-hybridized carbons (Fsp3) is 0.350. The number of fused-ring (bicyclic) bond motifs is 1. The van der Waals surface area contributed by atoms with Gasteiger partial charge in [0, 0.05) is 24.2 Å². The minimum atomic E-state index is -0.345. The molecule has 0 atom stereocenters. The zero-order valence-corrected chi connectivity index (χ0v) is 15.1.